The Morgan fingerprint density at radius 2 is 2.29 bits per heavy atom. The van der Waals surface area contributed by atoms with Crippen molar-refractivity contribution in [1.82, 2.24) is 10.2 Å². The molecule has 1 unspecified atom stereocenters. The zero-order chi connectivity index (χ0) is 11.7. The average Bonchev–Trinajstić information content (AvgIpc) is 3.12. The SMILES string of the molecule is O=C(Nc1cc(C2CC2)[nH]n1)C1C=CCCC1. The molecule has 0 aromatic carbocycles. The molecule has 4 heteroatoms. The van der Waals surface area contributed by atoms with E-state index in [-0.39, 0.29) is 11.8 Å². The Balaban J connectivity index is 1.62. The second-order valence-electron chi connectivity index (χ2n) is 4.94. The van der Waals surface area contributed by atoms with Gasteiger partial charge in [0.1, 0.15) is 0 Å². The summed E-state index contributed by atoms with van der Waals surface area (Å²) in [6.07, 6.45) is 9.71. The van der Waals surface area contributed by atoms with Crippen molar-refractivity contribution in [2.24, 2.45) is 5.92 Å². The fourth-order valence-corrected chi connectivity index (χ4v) is 2.25. The van der Waals surface area contributed by atoms with Gasteiger partial charge in [-0.25, -0.2) is 0 Å². The first-order valence-electron chi connectivity index (χ1n) is 6.36. The van der Waals surface area contributed by atoms with Crippen molar-refractivity contribution in [3.8, 4) is 0 Å². The van der Waals surface area contributed by atoms with Crippen LogP contribution in [0.3, 0.4) is 0 Å². The van der Waals surface area contributed by atoms with E-state index in [9.17, 15) is 4.79 Å². The zero-order valence-electron chi connectivity index (χ0n) is 9.78. The number of nitrogens with zero attached hydrogens (tertiary/aromatic N) is 1. The lowest BCUT2D eigenvalue weighted by atomic mass is 9.95. The quantitative estimate of drug-likeness (QED) is 0.785. The van der Waals surface area contributed by atoms with Crippen LogP contribution < -0.4 is 5.32 Å². The summed E-state index contributed by atoms with van der Waals surface area (Å²) >= 11 is 0. The molecule has 1 atom stereocenters. The number of H-pyrrole nitrogens is 1. The number of amides is 1. The van der Waals surface area contributed by atoms with Crippen molar-refractivity contribution < 1.29 is 4.79 Å². The number of allylic oxidation sites excluding steroid dienone is 1. The molecule has 17 heavy (non-hydrogen) atoms. The highest BCUT2D eigenvalue weighted by atomic mass is 16.1. The molecule has 0 saturated heterocycles. The van der Waals surface area contributed by atoms with Gasteiger partial charge in [0, 0.05) is 17.7 Å². The van der Waals surface area contributed by atoms with Crippen LogP contribution in [0.25, 0.3) is 0 Å². The van der Waals surface area contributed by atoms with Crippen molar-refractivity contribution in [1.29, 1.82) is 0 Å². The van der Waals surface area contributed by atoms with E-state index in [4.69, 9.17) is 0 Å². The van der Waals surface area contributed by atoms with Crippen molar-refractivity contribution >= 4 is 11.7 Å². The summed E-state index contributed by atoms with van der Waals surface area (Å²) < 4.78 is 0. The Labute approximate surface area is 100 Å². The maximum atomic E-state index is 11.9. The second kappa shape index (κ2) is 4.35. The number of aromatic amines is 1. The van der Waals surface area contributed by atoms with Gasteiger partial charge in [-0.2, -0.15) is 5.10 Å². The molecule has 1 amide bonds. The minimum absolute atomic E-state index is 0.0184. The molecule has 0 bridgehead atoms. The standard InChI is InChI=1S/C13H17N3O/c17-13(10-4-2-1-3-5-10)14-12-8-11(15-16-12)9-6-7-9/h2,4,8-10H,1,3,5-7H2,(H2,14,15,16,17). The van der Waals surface area contributed by atoms with E-state index in [0.29, 0.717) is 11.7 Å². The Morgan fingerprint density at radius 1 is 1.41 bits per heavy atom. The minimum Gasteiger partial charge on any atom is -0.309 e. The minimum atomic E-state index is 0.0184. The molecule has 1 saturated carbocycles. The summed E-state index contributed by atoms with van der Waals surface area (Å²) in [5.74, 6) is 1.39. The average molecular weight is 231 g/mol. The first-order chi connectivity index (χ1) is 8.33. The number of aromatic nitrogens is 2. The Hall–Kier alpha value is -1.58. The Morgan fingerprint density at radius 3 is 3.00 bits per heavy atom. The van der Waals surface area contributed by atoms with Crippen molar-refractivity contribution in [3.05, 3.63) is 23.9 Å². The van der Waals surface area contributed by atoms with Gasteiger partial charge < -0.3 is 5.32 Å². The molecule has 2 N–H and O–H groups in total. The Kier molecular flexibility index (Phi) is 2.71. The normalized spacial score (nSPS) is 23.6. The number of carbonyl (C=O) groups excluding carboxylic acids is 1. The van der Waals surface area contributed by atoms with Crippen molar-refractivity contribution in [2.75, 3.05) is 5.32 Å². The van der Waals surface area contributed by atoms with Gasteiger partial charge in [0.05, 0.1) is 5.92 Å². The van der Waals surface area contributed by atoms with Crippen LogP contribution in [0.4, 0.5) is 5.82 Å². The molecule has 1 fully saturated rings. The predicted octanol–water partition coefficient (Wildman–Crippen LogP) is 2.58. The smallest absolute Gasteiger partial charge is 0.232 e. The van der Waals surface area contributed by atoms with E-state index in [1.807, 2.05) is 12.1 Å². The van der Waals surface area contributed by atoms with Crippen LogP contribution in [0.15, 0.2) is 18.2 Å². The lowest BCUT2D eigenvalue weighted by Crippen LogP contribution is -2.22. The van der Waals surface area contributed by atoms with Crippen molar-refractivity contribution in [2.45, 2.75) is 38.0 Å². The van der Waals surface area contributed by atoms with E-state index in [1.165, 1.54) is 12.8 Å². The van der Waals surface area contributed by atoms with Crippen LogP contribution in [0, 0.1) is 5.92 Å². The van der Waals surface area contributed by atoms with E-state index in [2.05, 4.69) is 21.6 Å². The first kappa shape index (κ1) is 10.6. The summed E-state index contributed by atoms with van der Waals surface area (Å²) in [6, 6.07) is 1.96. The molecule has 0 spiro atoms. The third kappa shape index (κ3) is 2.40. The number of nitrogens with one attached hydrogen (secondary N) is 2. The highest BCUT2D eigenvalue weighted by Crippen LogP contribution is 2.39. The molecule has 4 nitrogen and oxygen atoms in total. The predicted molar refractivity (Wildman–Crippen MR) is 65.7 cm³/mol. The molecule has 3 rings (SSSR count). The van der Waals surface area contributed by atoms with Gasteiger partial charge in [0.2, 0.25) is 5.91 Å². The van der Waals surface area contributed by atoms with Gasteiger partial charge in [-0.3, -0.25) is 9.89 Å². The van der Waals surface area contributed by atoms with Gasteiger partial charge in [-0.05, 0) is 32.1 Å². The lowest BCUT2D eigenvalue weighted by Gasteiger charge is -2.14. The van der Waals surface area contributed by atoms with Crippen LogP contribution >= 0.6 is 0 Å². The fourth-order valence-electron chi connectivity index (χ4n) is 2.25. The summed E-state index contributed by atoms with van der Waals surface area (Å²) in [4.78, 5) is 11.9. The fraction of sp³-hybridized carbons (Fsp3) is 0.538. The molecule has 2 aliphatic rings. The molecule has 1 aromatic heterocycles. The number of hydrogen-bond acceptors (Lipinski definition) is 2. The molecule has 1 aromatic rings. The van der Waals surface area contributed by atoms with Gasteiger partial charge in [-0.1, -0.05) is 12.2 Å². The monoisotopic (exact) mass is 231 g/mol. The summed E-state index contributed by atoms with van der Waals surface area (Å²) in [6.45, 7) is 0. The van der Waals surface area contributed by atoms with Gasteiger partial charge in [0.15, 0.2) is 5.82 Å². The molecule has 90 valence electrons. The van der Waals surface area contributed by atoms with E-state index >= 15 is 0 Å². The lowest BCUT2D eigenvalue weighted by molar-refractivity contribution is -0.118. The van der Waals surface area contributed by atoms with Crippen LogP contribution in [0.2, 0.25) is 0 Å². The molecular weight excluding hydrogens is 214 g/mol. The summed E-state index contributed by atoms with van der Waals surface area (Å²) in [5.41, 5.74) is 1.15. The van der Waals surface area contributed by atoms with Crippen LogP contribution in [-0.4, -0.2) is 16.1 Å². The van der Waals surface area contributed by atoms with Crippen LogP contribution in [0.5, 0.6) is 0 Å². The van der Waals surface area contributed by atoms with Crippen LogP contribution in [0.1, 0.15) is 43.7 Å². The molecule has 2 aliphatic carbocycles. The third-order valence-electron chi connectivity index (χ3n) is 3.46. The van der Waals surface area contributed by atoms with E-state index in [0.717, 1.165) is 25.0 Å². The second-order valence-corrected chi connectivity index (χ2v) is 4.94. The van der Waals surface area contributed by atoms with Crippen LogP contribution in [-0.2, 0) is 4.79 Å². The summed E-state index contributed by atoms with van der Waals surface area (Å²) in [5, 5.41) is 10.0. The molecule has 1 heterocycles. The number of hydrogen-bond donors (Lipinski definition) is 2. The van der Waals surface area contributed by atoms with E-state index in [1.54, 1.807) is 0 Å². The topological polar surface area (TPSA) is 57.8 Å². The highest BCUT2D eigenvalue weighted by Gasteiger charge is 2.26. The maximum Gasteiger partial charge on any atom is 0.232 e. The molecule has 0 radical (unpaired) electrons. The first-order valence-corrected chi connectivity index (χ1v) is 6.36. The van der Waals surface area contributed by atoms with Gasteiger partial charge in [-0.15, -0.1) is 0 Å². The van der Waals surface area contributed by atoms with Gasteiger partial charge in [0.25, 0.3) is 0 Å². The van der Waals surface area contributed by atoms with Crippen molar-refractivity contribution in [3.63, 3.8) is 0 Å². The zero-order valence-corrected chi connectivity index (χ0v) is 9.78. The molecular formula is C13H17N3O. The third-order valence-corrected chi connectivity index (χ3v) is 3.46. The maximum absolute atomic E-state index is 11.9. The largest absolute Gasteiger partial charge is 0.309 e. The summed E-state index contributed by atoms with van der Waals surface area (Å²) in [7, 11) is 0. The number of rotatable bonds is 3. The number of carbonyl (C=O) groups is 1. The Bertz CT molecular complexity index is 445. The molecule has 0 aliphatic heterocycles. The highest BCUT2D eigenvalue weighted by molar-refractivity contribution is 5.92. The number of anilines is 1. The van der Waals surface area contributed by atoms with Gasteiger partial charge >= 0.3 is 0 Å². The van der Waals surface area contributed by atoms with E-state index < -0.39 is 0 Å².